The summed E-state index contributed by atoms with van der Waals surface area (Å²) < 4.78 is 1.79. The number of H-pyrrole nitrogens is 1. The highest BCUT2D eigenvalue weighted by Crippen LogP contribution is 2.32. The summed E-state index contributed by atoms with van der Waals surface area (Å²) in [7, 11) is 3.97. The van der Waals surface area contributed by atoms with Gasteiger partial charge in [0.15, 0.2) is 0 Å². The quantitative estimate of drug-likeness (QED) is 0.607. The molecular weight excluding hydrogens is 364 g/mol. The average molecular weight is 397 g/mol. The smallest absolute Gasteiger partial charge is 0.261 e. The van der Waals surface area contributed by atoms with Gasteiger partial charge >= 0.3 is 0 Å². The monoisotopic (exact) mass is 396 g/mol. The summed E-state index contributed by atoms with van der Waals surface area (Å²) >= 11 is 0. The van der Waals surface area contributed by atoms with E-state index in [0.29, 0.717) is 11.2 Å². The molecule has 0 fully saturated rings. The second-order valence-electron chi connectivity index (χ2n) is 9.69. The zero-order valence-electron chi connectivity index (χ0n) is 18.6. The molecule has 3 rings (SSSR count). The predicted octanol–water partition coefficient (Wildman–Crippen LogP) is 4.49. The van der Waals surface area contributed by atoms with Crippen molar-refractivity contribution in [3.8, 4) is 0 Å². The minimum Gasteiger partial charge on any atom is -0.378 e. The summed E-state index contributed by atoms with van der Waals surface area (Å²) in [6.07, 6.45) is 1.61. The number of benzene rings is 1. The van der Waals surface area contributed by atoms with E-state index in [2.05, 4.69) is 62.3 Å². The molecule has 3 N–H and O–H groups in total. The van der Waals surface area contributed by atoms with Gasteiger partial charge in [-0.1, -0.05) is 20.8 Å². The molecule has 0 radical (unpaired) electrons. The van der Waals surface area contributed by atoms with Gasteiger partial charge in [-0.3, -0.25) is 4.79 Å². The lowest BCUT2D eigenvalue weighted by Gasteiger charge is -2.25. The van der Waals surface area contributed by atoms with Crippen molar-refractivity contribution in [3.63, 3.8) is 0 Å². The van der Waals surface area contributed by atoms with Crippen LogP contribution in [0.1, 0.15) is 57.6 Å². The maximum Gasteiger partial charge on any atom is 0.261 e. The Morgan fingerprint density at radius 2 is 1.69 bits per heavy atom. The largest absolute Gasteiger partial charge is 0.378 e. The van der Waals surface area contributed by atoms with Gasteiger partial charge in [0, 0.05) is 36.4 Å². The highest BCUT2D eigenvalue weighted by molar-refractivity contribution is 6.08. The summed E-state index contributed by atoms with van der Waals surface area (Å²) in [6, 6.07) is 7.74. The zero-order chi connectivity index (χ0) is 21.6. The number of aromatic amines is 1. The van der Waals surface area contributed by atoms with Crippen LogP contribution in [0.15, 0.2) is 30.5 Å². The second kappa shape index (κ2) is 7.13. The number of aromatic nitrogens is 3. The molecule has 0 spiro atoms. The number of carbonyl (C=O) groups excluding carboxylic acids is 1. The van der Waals surface area contributed by atoms with Crippen molar-refractivity contribution in [2.75, 3.05) is 29.6 Å². The number of nitrogens with one attached hydrogen (secondary N) is 3. The van der Waals surface area contributed by atoms with E-state index in [1.54, 1.807) is 10.7 Å². The molecule has 2 aromatic heterocycles. The Balaban J connectivity index is 1.96. The summed E-state index contributed by atoms with van der Waals surface area (Å²) in [4.78, 5) is 18.4. The van der Waals surface area contributed by atoms with E-state index in [4.69, 9.17) is 0 Å². The van der Waals surface area contributed by atoms with Crippen molar-refractivity contribution in [2.24, 2.45) is 0 Å². The molecule has 3 aromatic rings. The Kier molecular flexibility index (Phi) is 5.11. The van der Waals surface area contributed by atoms with Crippen LogP contribution in [-0.2, 0) is 5.41 Å². The third-order valence-corrected chi connectivity index (χ3v) is 4.59. The van der Waals surface area contributed by atoms with Crippen molar-refractivity contribution in [2.45, 2.75) is 52.5 Å². The maximum atomic E-state index is 12.9. The highest BCUT2D eigenvalue weighted by atomic mass is 16.1. The molecule has 0 aliphatic rings. The van der Waals surface area contributed by atoms with Gasteiger partial charge in [-0.25, -0.2) is 0 Å². The van der Waals surface area contributed by atoms with Gasteiger partial charge in [-0.2, -0.15) is 9.61 Å². The Morgan fingerprint density at radius 3 is 2.21 bits per heavy atom. The van der Waals surface area contributed by atoms with Crippen molar-refractivity contribution >= 4 is 28.7 Å². The molecule has 0 saturated heterocycles. The molecule has 2 heterocycles. The first-order valence-electron chi connectivity index (χ1n) is 9.84. The molecule has 0 bridgehead atoms. The standard InChI is InChI=1S/C22H32N6O/c1-21(2,3)17-19(26-22(4,5)6)28-18(25-17)16(13-23-28)20(29)24-14-9-11-15(12-10-14)27(7)8/h9-13,25-26H,1-8H3,(H,24,29). The first kappa shape index (κ1) is 20.8. The number of carbonyl (C=O) groups is 1. The number of nitrogens with zero attached hydrogens (tertiary/aromatic N) is 3. The van der Waals surface area contributed by atoms with Gasteiger partial charge in [0.25, 0.3) is 5.91 Å². The lowest BCUT2D eigenvalue weighted by atomic mass is 9.91. The van der Waals surface area contributed by atoms with Gasteiger partial charge < -0.3 is 20.5 Å². The summed E-state index contributed by atoms with van der Waals surface area (Å²) in [6.45, 7) is 12.7. The van der Waals surface area contributed by atoms with Crippen LogP contribution >= 0.6 is 0 Å². The minimum atomic E-state index is -0.193. The van der Waals surface area contributed by atoms with Crippen LogP contribution in [-0.4, -0.2) is 40.1 Å². The highest BCUT2D eigenvalue weighted by Gasteiger charge is 2.28. The normalized spacial score (nSPS) is 12.3. The SMILES string of the molecule is CN(C)c1ccc(NC(=O)c2cnn3c(NC(C)(C)C)c(C(C)(C)C)[nH]c23)cc1. The number of hydrogen-bond donors (Lipinski definition) is 3. The molecule has 7 heteroatoms. The molecule has 156 valence electrons. The first-order valence-corrected chi connectivity index (χ1v) is 9.84. The molecule has 0 unspecified atom stereocenters. The van der Waals surface area contributed by atoms with Gasteiger partial charge in [0.2, 0.25) is 0 Å². The van der Waals surface area contributed by atoms with Crippen LogP contribution in [0.2, 0.25) is 0 Å². The predicted molar refractivity (Wildman–Crippen MR) is 120 cm³/mol. The van der Waals surface area contributed by atoms with Crippen LogP contribution in [0.3, 0.4) is 0 Å². The van der Waals surface area contributed by atoms with Crippen molar-refractivity contribution in [3.05, 3.63) is 41.7 Å². The van der Waals surface area contributed by atoms with E-state index in [1.807, 2.05) is 43.3 Å². The number of amides is 1. The van der Waals surface area contributed by atoms with Gasteiger partial charge in [0.05, 0.1) is 11.9 Å². The van der Waals surface area contributed by atoms with E-state index < -0.39 is 0 Å². The van der Waals surface area contributed by atoms with Crippen LogP contribution in [0, 0.1) is 0 Å². The Hall–Kier alpha value is -2.96. The van der Waals surface area contributed by atoms with E-state index in [0.717, 1.165) is 22.9 Å². The van der Waals surface area contributed by atoms with Crippen LogP contribution in [0.4, 0.5) is 17.2 Å². The lowest BCUT2D eigenvalue weighted by Crippen LogP contribution is -2.29. The number of fused-ring (bicyclic) bond motifs is 1. The summed E-state index contributed by atoms with van der Waals surface area (Å²) in [5.74, 6) is 0.691. The van der Waals surface area contributed by atoms with Crippen LogP contribution < -0.4 is 15.5 Å². The molecule has 0 atom stereocenters. The second-order valence-corrected chi connectivity index (χ2v) is 9.69. The zero-order valence-corrected chi connectivity index (χ0v) is 18.6. The fourth-order valence-electron chi connectivity index (χ4n) is 3.14. The molecule has 0 saturated carbocycles. The molecule has 29 heavy (non-hydrogen) atoms. The number of imidazole rings is 1. The topological polar surface area (TPSA) is 77.5 Å². The third kappa shape index (κ3) is 4.39. The molecule has 1 amide bonds. The van der Waals surface area contributed by atoms with Crippen molar-refractivity contribution < 1.29 is 4.79 Å². The third-order valence-electron chi connectivity index (χ3n) is 4.59. The number of rotatable bonds is 4. The summed E-state index contributed by atoms with van der Waals surface area (Å²) in [5.41, 5.74) is 3.75. The number of hydrogen-bond acceptors (Lipinski definition) is 4. The van der Waals surface area contributed by atoms with Gasteiger partial charge in [-0.05, 0) is 45.0 Å². The lowest BCUT2D eigenvalue weighted by molar-refractivity contribution is 0.102. The average Bonchev–Trinajstić information content (AvgIpc) is 3.14. The Bertz CT molecular complexity index is 1010. The molecule has 1 aromatic carbocycles. The molecule has 0 aliphatic carbocycles. The summed E-state index contributed by atoms with van der Waals surface area (Å²) in [5, 5.41) is 11.0. The van der Waals surface area contributed by atoms with Gasteiger partial charge in [0.1, 0.15) is 17.0 Å². The Labute approximate surface area is 172 Å². The van der Waals surface area contributed by atoms with Crippen molar-refractivity contribution in [1.82, 2.24) is 14.6 Å². The Morgan fingerprint density at radius 1 is 1.07 bits per heavy atom. The van der Waals surface area contributed by atoms with Crippen molar-refractivity contribution in [1.29, 1.82) is 0 Å². The fraction of sp³-hybridized carbons (Fsp3) is 0.455. The molecular formula is C22H32N6O. The molecule has 0 aliphatic heterocycles. The van der Waals surface area contributed by atoms with E-state index in [1.165, 1.54) is 0 Å². The van der Waals surface area contributed by atoms with E-state index in [9.17, 15) is 4.79 Å². The first-order chi connectivity index (χ1) is 13.4. The van der Waals surface area contributed by atoms with E-state index >= 15 is 0 Å². The molecule has 7 nitrogen and oxygen atoms in total. The number of anilines is 3. The fourth-order valence-corrected chi connectivity index (χ4v) is 3.14. The maximum absolute atomic E-state index is 12.9. The van der Waals surface area contributed by atoms with Crippen LogP contribution in [0.5, 0.6) is 0 Å². The van der Waals surface area contributed by atoms with E-state index in [-0.39, 0.29) is 16.9 Å². The van der Waals surface area contributed by atoms with Gasteiger partial charge in [-0.15, -0.1) is 0 Å². The minimum absolute atomic E-state index is 0.135. The van der Waals surface area contributed by atoms with Crippen LogP contribution in [0.25, 0.3) is 5.65 Å².